The molecule has 5 nitrogen and oxygen atoms in total. The predicted octanol–water partition coefficient (Wildman–Crippen LogP) is 5.24. The van der Waals surface area contributed by atoms with Crippen LogP contribution in [-0.2, 0) is 4.79 Å². The highest BCUT2D eigenvalue weighted by molar-refractivity contribution is 6.06. The first-order valence-corrected chi connectivity index (χ1v) is 10.6. The maximum atomic E-state index is 12.5. The Balaban J connectivity index is 1.32. The third-order valence-corrected chi connectivity index (χ3v) is 6.38. The summed E-state index contributed by atoms with van der Waals surface area (Å²) in [5.74, 6) is 3.32. The smallest absolute Gasteiger partial charge is 0.267 e. The average molecular weight is 402 g/mol. The lowest BCUT2D eigenvalue weighted by Crippen LogP contribution is -2.33. The van der Waals surface area contributed by atoms with E-state index in [2.05, 4.69) is 17.6 Å². The van der Waals surface area contributed by atoms with Crippen LogP contribution in [0, 0.1) is 29.1 Å². The zero-order valence-corrected chi connectivity index (χ0v) is 17.2. The number of benzene rings is 2. The van der Waals surface area contributed by atoms with Gasteiger partial charge >= 0.3 is 0 Å². The van der Waals surface area contributed by atoms with Gasteiger partial charge in [-0.15, -0.1) is 0 Å². The molecular weight excluding hydrogens is 374 g/mol. The molecule has 2 aliphatic carbocycles. The van der Waals surface area contributed by atoms with Gasteiger partial charge in [-0.2, -0.15) is 5.26 Å². The summed E-state index contributed by atoms with van der Waals surface area (Å²) in [5.41, 5.74) is 0.692. The third-order valence-electron chi connectivity index (χ3n) is 6.38. The van der Waals surface area contributed by atoms with Gasteiger partial charge in [0.15, 0.2) is 0 Å². The molecule has 2 N–H and O–H groups in total. The van der Waals surface area contributed by atoms with Crippen molar-refractivity contribution >= 4 is 11.6 Å². The van der Waals surface area contributed by atoms with Crippen molar-refractivity contribution in [2.24, 2.45) is 17.8 Å². The van der Waals surface area contributed by atoms with Crippen LogP contribution in [0.5, 0.6) is 11.5 Å². The van der Waals surface area contributed by atoms with E-state index in [4.69, 9.17) is 4.74 Å². The highest BCUT2D eigenvalue weighted by Gasteiger charge is 2.41. The molecule has 4 unspecified atom stereocenters. The van der Waals surface area contributed by atoms with Crippen LogP contribution >= 0.6 is 0 Å². The summed E-state index contributed by atoms with van der Waals surface area (Å²) in [4.78, 5) is 12.5. The van der Waals surface area contributed by atoms with E-state index >= 15 is 0 Å². The molecule has 0 saturated heterocycles. The van der Waals surface area contributed by atoms with E-state index in [1.54, 1.807) is 30.5 Å². The lowest BCUT2D eigenvalue weighted by Gasteiger charge is -2.28. The molecule has 0 aliphatic heterocycles. The van der Waals surface area contributed by atoms with Crippen molar-refractivity contribution in [2.45, 2.75) is 38.6 Å². The van der Waals surface area contributed by atoms with Crippen molar-refractivity contribution in [1.29, 1.82) is 5.26 Å². The second kappa shape index (κ2) is 9.04. The molecule has 0 spiro atoms. The number of amides is 1. The normalized spacial score (nSPS) is 23.5. The molecule has 0 heterocycles. The average Bonchev–Trinajstić information content (AvgIpc) is 3.40. The van der Waals surface area contributed by atoms with E-state index in [1.807, 2.05) is 36.4 Å². The Morgan fingerprint density at radius 3 is 2.47 bits per heavy atom. The van der Waals surface area contributed by atoms with Gasteiger partial charge in [0.25, 0.3) is 5.91 Å². The van der Waals surface area contributed by atoms with Crippen LogP contribution in [0.4, 0.5) is 5.69 Å². The molecule has 2 fully saturated rings. The fraction of sp³-hybridized carbons (Fsp3) is 0.360. The summed E-state index contributed by atoms with van der Waals surface area (Å²) in [6, 6.07) is 18.9. The van der Waals surface area contributed by atoms with Gasteiger partial charge in [-0.1, -0.05) is 24.6 Å². The lowest BCUT2D eigenvalue weighted by atomic mass is 9.84. The number of nitrogens with zero attached hydrogens (tertiary/aromatic N) is 1. The number of hydrogen-bond acceptors (Lipinski definition) is 4. The Morgan fingerprint density at radius 1 is 1.10 bits per heavy atom. The molecule has 2 aromatic carbocycles. The number of rotatable bonds is 7. The van der Waals surface area contributed by atoms with Gasteiger partial charge in [0.2, 0.25) is 0 Å². The number of para-hydroxylation sites is 1. The fourth-order valence-electron chi connectivity index (χ4n) is 4.82. The molecule has 4 atom stereocenters. The van der Waals surface area contributed by atoms with Crippen LogP contribution in [-0.4, -0.2) is 11.9 Å². The molecule has 2 aromatic rings. The second-order valence-electron chi connectivity index (χ2n) is 8.36. The maximum Gasteiger partial charge on any atom is 0.267 e. The van der Waals surface area contributed by atoms with Crippen LogP contribution < -0.4 is 15.4 Å². The monoisotopic (exact) mass is 401 g/mol. The number of nitrogens with one attached hydrogen (secondary N) is 2. The van der Waals surface area contributed by atoms with Crippen LogP contribution in [0.2, 0.25) is 0 Å². The van der Waals surface area contributed by atoms with Gasteiger partial charge in [-0.3, -0.25) is 4.79 Å². The van der Waals surface area contributed by atoms with Crippen LogP contribution in [0.15, 0.2) is 66.4 Å². The molecule has 30 heavy (non-hydrogen) atoms. The molecule has 4 rings (SSSR count). The fourth-order valence-corrected chi connectivity index (χ4v) is 4.82. The summed E-state index contributed by atoms with van der Waals surface area (Å²) < 4.78 is 5.76. The summed E-state index contributed by atoms with van der Waals surface area (Å²) in [6.45, 7) is 2.15. The number of carbonyl (C=O) groups is 1. The standard InChI is InChI=1S/C25H27N3O2/c1-17(24-14-18-7-8-19(24)13-18)27-16-20(15-26)25(29)28-21-9-11-23(12-10-21)30-22-5-3-2-4-6-22/h2-6,9-12,16-19,24,27H,7-8,13-14H2,1H3,(H,28,29)/b20-16-. The lowest BCUT2D eigenvalue weighted by molar-refractivity contribution is -0.112. The van der Waals surface area contributed by atoms with E-state index in [9.17, 15) is 10.1 Å². The minimum absolute atomic E-state index is 0.0784. The molecular formula is C25H27N3O2. The Hall–Kier alpha value is -3.26. The number of nitriles is 1. The summed E-state index contributed by atoms with van der Waals surface area (Å²) >= 11 is 0. The third kappa shape index (κ3) is 4.65. The molecule has 2 bridgehead atoms. The summed E-state index contributed by atoms with van der Waals surface area (Å²) in [5, 5.41) is 15.5. The van der Waals surface area contributed by atoms with Gasteiger partial charge in [0.1, 0.15) is 23.1 Å². The number of anilines is 1. The van der Waals surface area contributed by atoms with Crippen molar-refractivity contribution < 1.29 is 9.53 Å². The topological polar surface area (TPSA) is 74.2 Å². The first-order valence-electron chi connectivity index (χ1n) is 10.6. The highest BCUT2D eigenvalue weighted by Crippen LogP contribution is 2.49. The van der Waals surface area contributed by atoms with E-state index in [0.717, 1.165) is 17.6 Å². The zero-order valence-electron chi connectivity index (χ0n) is 17.2. The van der Waals surface area contributed by atoms with Crippen molar-refractivity contribution in [3.63, 3.8) is 0 Å². The Bertz CT molecular complexity index is 947. The zero-order chi connectivity index (χ0) is 20.9. The molecule has 5 heteroatoms. The Morgan fingerprint density at radius 2 is 1.83 bits per heavy atom. The van der Waals surface area contributed by atoms with Gasteiger partial charge in [-0.25, -0.2) is 0 Å². The first kappa shape index (κ1) is 20.0. The second-order valence-corrected chi connectivity index (χ2v) is 8.36. The van der Waals surface area contributed by atoms with Crippen LogP contribution in [0.1, 0.15) is 32.6 Å². The molecule has 0 aromatic heterocycles. The minimum atomic E-state index is -0.415. The quantitative estimate of drug-likeness (QED) is 0.491. The summed E-state index contributed by atoms with van der Waals surface area (Å²) in [7, 11) is 0. The van der Waals surface area contributed by atoms with Gasteiger partial charge in [-0.05, 0) is 80.3 Å². The van der Waals surface area contributed by atoms with E-state index in [1.165, 1.54) is 25.7 Å². The van der Waals surface area contributed by atoms with Crippen molar-refractivity contribution in [3.8, 4) is 17.6 Å². The molecule has 2 aliphatic rings. The van der Waals surface area contributed by atoms with Gasteiger partial charge in [0.05, 0.1) is 0 Å². The van der Waals surface area contributed by atoms with Crippen LogP contribution in [0.3, 0.4) is 0 Å². The molecule has 2 saturated carbocycles. The number of fused-ring (bicyclic) bond motifs is 2. The SMILES string of the molecule is CC(N/C=C(/C#N)C(=O)Nc1ccc(Oc2ccccc2)cc1)C1CC2CCC1C2. The van der Waals surface area contributed by atoms with E-state index in [0.29, 0.717) is 17.4 Å². The molecule has 1 amide bonds. The largest absolute Gasteiger partial charge is 0.457 e. The van der Waals surface area contributed by atoms with Crippen molar-refractivity contribution in [2.75, 3.05) is 5.32 Å². The Kier molecular flexibility index (Phi) is 6.04. The number of carbonyl (C=O) groups excluding carboxylic acids is 1. The van der Waals surface area contributed by atoms with Crippen molar-refractivity contribution in [3.05, 3.63) is 66.4 Å². The maximum absolute atomic E-state index is 12.5. The predicted molar refractivity (Wildman–Crippen MR) is 117 cm³/mol. The van der Waals surface area contributed by atoms with E-state index in [-0.39, 0.29) is 11.6 Å². The van der Waals surface area contributed by atoms with Crippen molar-refractivity contribution in [1.82, 2.24) is 5.32 Å². The van der Waals surface area contributed by atoms with Gasteiger partial charge in [0, 0.05) is 17.9 Å². The van der Waals surface area contributed by atoms with Gasteiger partial charge < -0.3 is 15.4 Å². The Labute approximate surface area is 177 Å². The summed E-state index contributed by atoms with van der Waals surface area (Å²) in [6.07, 6.45) is 6.86. The first-order chi connectivity index (χ1) is 14.6. The molecule has 154 valence electrons. The minimum Gasteiger partial charge on any atom is -0.457 e. The van der Waals surface area contributed by atoms with E-state index < -0.39 is 5.91 Å². The highest BCUT2D eigenvalue weighted by atomic mass is 16.5. The number of hydrogen-bond donors (Lipinski definition) is 2. The van der Waals surface area contributed by atoms with Crippen LogP contribution in [0.25, 0.3) is 0 Å². The number of ether oxygens (including phenoxy) is 1. The molecule has 0 radical (unpaired) electrons.